The van der Waals surface area contributed by atoms with Gasteiger partial charge in [0.25, 0.3) is 1.43 Å². The number of para-hydroxylation sites is 2. The monoisotopic (exact) mass is 1950 g/mol. The summed E-state index contributed by atoms with van der Waals surface area (Å²) in [4.78, 5) is 51.4. The van der Waals surface area contributed by atoms with Gasteiger partial charge in [0, 0.05) is 104 Å². The van der Waals surface area contributed by atoms with Crippen LogP contribution in [0, 0.1) is 10.7 Å². The van der Waals surface area contributed by atoms with Crippen LogP contribution in [0.5, 0.6) is 11.6 Å². The van der Waals surface area contributed by atoms with E-state index in [4.69, 9.17) is 32.5 Å². The normalized spacial score (nSPS) is 10.5. The smallest absolute Gasteiger partial charge is 0.463 e. The largest absolute Gasteiger partial charge is 1.00 e. The van der Waals surface area contributed by atoms with Gasteiger partial charge in [0.05, 0.1) is 70.3 Å². The van der Waals surface area contributed by atoms with Crippen LogP contribution in [0.25, 0.3) is 123 Å². The van der Waals surface area contributed by atoms with Gasteiger partial charge in [-0.15, -0.1) is 0 Å². The van der Waals surface area contributed by atoms with Gasteiger partial charge >= 0.3 is 144 Å². The Bertz CT molecular complexity index is 6050. The molecule has 4 aromatic carbocycles. The maximum absolute atomic E-state index is 9.25. The number of hydrogen-bond donors (Lipinski definition) is 2. The van der Waals surface area contributed by atoms with Gasteiger partial charge in [0.15, 0.2) is 0 Å². The molecule has 19 aromatic rings. The topological polar surface area (TPSA) is 193 Å². The zero-order chi connectivity index (χ0) is 70.5. The molecule has 105 heavy (non-hydrogen) atoms. The van der Waals surface area contributed by atoms with Gasteiger partial charge in [0.1, 0.15) is 36.9 Å². The van der Waals surface area contributed by atoms with Crippen LogP contribution in [0.3, 0.4) is 0 Å². The summed E-state index contributed by atoms with van der Waals surface area (Å²) in [6.07, 6.45) is 14.9. The maximum Gasteiger partial charge on any atom is 1.00 e. The van der Waals surface area contributed by atoms with E-state index < -0.39 is 0 Å². The molecular formula is C80H60Br3ClCs2FIN13O4+. The van der Waals surface area contributed by atoms with Crippen LogP contribution in [-0.2, 0) is 9.68 Å². The van der Waals surface area contributed by atoms with E-state index in [1.165, 1.54) is 21.7 Å². The van der Waals surface area contributed by atoms with Crippen LogP contribution >= 0.6 is 82.0 Å². The first-order chi connectivity index (χ1) is 50.1. The minimum atomic E-state index is 0. The van der Waals surface area contributed by atoms with E-state index in [0.717, 1.165) is 117 Å². The first-order valence-electron chi connectivity index (χ1n) is 31.2. The van der Waals surface area contributed by atoms with E-state index in [0.29, 0.717) is 16.8 Å². The van der Waals surface area contributed by atoms with Crippen molar-refractivity contribution in [2.45, 2.75) is 14.9 Å². The summed E-state index contributed by atoms with van der Waals surface area (Å²) in [6, 6.07) is 79.1. The number of hydrogen-bond acceptors (Lipinski definition) is 12. The number of fused-ring (bicyclic) bond motifs is 18. The molecule has 19 rings (SSSR count). The van der Waals surface area contributed by atoms with E-state index >= 15 is 0 Å². The molecule has 0 saturated carbocycles. The van der Waals surface area contributed by atoms with Crippen LogP contribution in [0.4, 0.5) is 4.39 Å². The zero-order valence-electron chi connectivity index (χ0n) is 55.7. The molecule has 0 atom stereocenters. The number of benzene rings is 4. The molecule has 2 N–H and O–H groups in total. The molecule has 0 saturated heterocycles. The number of H-pyrrole nitrogens is 1. The Morgan fingerprint density at radius 1 is 0.486 bits per heavy atom. The van der Waals surface area contributed by atoms with E-state index in [2.05, 4.69) is 243 Å². The summed E-state index contributed by atoms with van der Waals surface area (Å²) >= 11 is 18.0. The Balaban J connectivity index is 0.000000161. The van der Waals surface area contributed by atoms with E-state index in [1.54, 1.807) is 13.4 Å². The summed E-state index contributed by atoms with van der Waals surface area (Å²) in [5, 5.41) is 10.4. The van der Waals surface area contributed by atoms with Crippen molar-refractivity contribution in [3.05, 3.63) is 316 Å². The van der Waals surface area contributed by atoms with Gasteiger partial charge in [0.2, 0.25) is 5.88 Å². The Morgan fingerprint density at radius 2 is 0.981 bits per heavy atom. The van der Waals surface area contributed by atoms with E-state index in [-0.39, 0.29) is 159 Å². The second kappa shape index (κ2) is 39.4. The number of halogens is 6. The Hall–Kier alpha value is -6.76. The molecular weight excluding hydrogens is 1890 g/mol. The van der Waals surface area contributed by atoms with Gasteiger partial charge in [-0.3, -0.25) is 23.9 Å². The number of ether oxygens (including phenoxy) is 1. The molecule has 512 valence electrons. The second-order valence-electron chi connectivity index (χ2n) is 21.8. The van der Waals surface area contributed by atoms with Crippen LogP contribution < -0.4 is 143 Å². The minimum Gasteiger partial charge on any atom is -0.463 e. The minimum absolute atomic E-state index is 0. The van der Waals surface area contributed by atoms with E-state index in [1.807, 2.05) is 171 Å². The average molecular weight is 1960 g/mol. The van der Waals surface area contributed by atoms with Crippen LogP contribution in [0.1, 0.15) is 14.9 Å². The predicted molar refractivity (Wildman–Crippen MR) is 432 cm³/mol. The molecule has 0 radical (unpaired) electrons. The number of aromatic nitrogens is 13. The van der Waals surface area contributed by atoms with Gasteiger partial charge in [-0.05, 0) is 224 Å². The number of carbonyl (C=O) groups is 1. The molecule has 0 spiro atoms. The van der Waals surface area contributed by atoms with Crippen LogP contribution in [0.2, 0.25) is 5.15 Å². The molecule has 0 aliphatic rings. The third-order valence-corrected chi connectivity index (χ3v) is 18.8. The fraction of sp³-hybridized carbons (Fsp3) is 0.0250. The predicted octanol–water partition coefficient (Wildman–Crippen LogP) is 16.9. The molecule has 15 heterocycles. The third-order valence-electron chi connectivity index (χ3n) is 15.9. The quantitative estimate of drug-likeness (QED) is 0.0292. The summed E-state index contributed by atoms with van der Waals surface area (Å²) < 4.78 is 33.6. The van der Waals surface area contributed by atoms with Crippen molar-refractivity contribution in [2.24, 2.45) is 0 Å². The number of carbonyl (C=O) groups excluding carboxylic acids is 1. The van der Waals surface area contributed by atoms with E-state index in [9.17, 15) is 4.39 Å². The van der Waals surface area contributed by atoms with Gasteiger partial charge in [-0.1, -0.05) is 97.0 Å². The second-order valence-corrected chi connectivity index (χ2v) is 25.8. The first kappa shape index (κ1) is 80.8. The summed E-state index contributed by atoms with van der Waals surface area (Å²) in [7, 11) is 1.75. The van der Waals surface area contributed by atoms with Crippen molar-refractivity contribution < 1.29 is 162 Å². The standard InChI is InChI=1S/C31H19N5O.C17H11BrN2.C14H8BrN3.C9H7BrN2.C5H3ClIN.CH2F.CH2O3.2CH4.2Cs/c1-2-11-25-22(9-1)23-10-4-17-33-31(23)36(25)20-7-3-8-21(19-20)37-28-15-14-24-29-26(12-5-16-32-29)35-18-6-13-27(35)30(24)34-28;18-12-5-3-6-13(11-12)20-16-9-2-1-7-14(16)15-8-4-10-19-17(15)20;15-12-6-5-9-13-10(3-1-7-16-13)18-8-2-4-11(18)14(9)17-12;10-9-5-1-3-8(12-9)7-4-2-6-11-7;6-5-4(7)2-1-3-8-5;1-2;2-1-4-3;;;;/h1-19H;1-11H;1-8H;1-6,11H;1-3H;1H2;1,3H;2*1H4;;/q;;;;;-1;;;;2*+1/i/hD. The third kappa shape index (κ3) is 18.5. The number of nitrogens with zero attached hydrogens (tertiary/aromatic N) is 12. The van der Waals surface area contributed by atoms with Gasteiger partial charge < -0.3 is 27.8 Å². The van der Waals surface area contributed by atoms with Crippen molar-refractivity contribution in [3.8, 4) is 34.4 Å². The molecule has 0 fully saturated rings. The zero-order valence-corrected chi connectivity index (χ0v) is 74.9. The number of pyridine rings is 10. The van der Waals surface area contributed by atoms with Gasteiger partial charge in [-0.25, -0.2) is 35.2 Å². The molecule has 0 aliphatic carbocycles. The molecule has 0 amide bonds. The summed E-state index contributed by atoms with van der Waals surface area (Å²) in [5.74, 6) is 1.24. The SMILES string of the molecule is Brc1ccc2c3ncccc3n3cccc3c2n1.Brc1cccc(-c2ccc[nH]2)n1.Brc1cccc(-n2c3ccccc3c3cccnc32)c1.C.C.Clc1ncccc1I.[2H]OOC=O.[CH2-]F.[Cs+].[Cs+].c1cc(Oc2ccc3c4ncccc4n4cccc4c3n2)cc(-n2c3ccccc3c3cccnc32)c1. The van der Waals surface area contributed by atoms with Crippen LogP contribution in [0.15, 0.2) is 300 Å². The first-order valence-corrected chi connectivity index (χ1v) is 34.6. The Kier molecular flexibility index (Phi) is 30.3. The van der Waals surface area contributed by atoms with Crippen molar-refractivity contribution >= 4 is 187 Å². The Labute approximate surface area is 765 Å². The molecule has 15 aromatic heterocycles. The summed E-state index contributed by atoms with van der Waals surface area (Å²) in [5.41, 5.74) is 16.3. The molecule has 25 heteroatoms. The maximum atomic E-state index is 9.25. The van der Waals surface area contributed by atoms with Crippen LogP contribution in [-0.4, -0.2) is 74.5 Å². The number of rotatable bonds is 7. The Morgan fingerprint density at radius 3 is 1.52 bits per heavy atom. The number of nitrogens with one attached hydrogen (secondary N) is 1. The van der Waals surface area contributed by atoms with Crippen molar-refractivity contribution in [1.82, 2.24) is 62.8 Å². The number of aromatic amines is 1. The average Bonchev–Trinajstić information content (AvgIpc) is 1.72. The summed E-state index contributed by atoms with van der Waals surface area (Å²) in [6.45, 7) is 0.0208. The molecule has 0 bridgehead atoms. The molecule has 0 unspecified atom stereocenters. The fourth-order valence-electron chi connectivity index (χ4n) is 11.8. The molecule has 17 nitrogen and oxygen atoms in total. The van der Waals surface area contributed by atoms with Crippen molar-refractivity contribution in [1.29, 1.82) is 1.43 Å². The van der Waals surface area contributed by atoms with Crippen molar-refractivity contribution in [3.63, 3.8) is 0 Å². The fourth-order valence-corrected chi connectivity index (χ4v) is 13.3. The van der Waals surface area contributed by atoms with Crippen molar-refractivity contribution in [2.75, 3.05) is 0 Å². The molecule has 0 aliphatic heterocycles. The van der Waals surface area contributed by atoms with Gasteiger partial charge in [-0.2, -0.15) is 7.18 Å².